The summed E-state index contributed by atoms with van der Waals surface area (Å²) in [6.45, 7) is 5.67. The zero-order valence-corrected chi connectivity index (χ0v) is 15.0. The molecule has 1 aromatic carbocycles. The standard InChI is InChI=1S/C16H22N4O3S/c1-12(2)20-11-17-14-10-13(4-5-15(14)20)16(21)18-6-8-19(9-7-18)24(3,22)23/h4-5,10-12H,6-9H2,1-3H3. The van der Waals surface area contributed by atoms with Crippen LogP contribution in [0.2, 0.25) is 0 Å². The smallest absolute Gasteiger partial charge is 0.254 e. The Morgan fingerprint density at radius 3 is 2.42 bits per heavy atom. The van der Waals surface area contributed by atoms with Crippen LogP contribution in [0.4, 0.5) is 0 Å². The Balaban J connectivity index is 1.77. The summed E-state index contributed by atoms with van der Waals surface area (Å²) in [6, 6.07) is 5.84. The van der Waals surface area contributed by atoms with Gasteiger partial charge in [0.25, 0.3) is 5.91 Å². The Morgan fingerprint density at radius 2 is 1.83 bits per heavy atom. The highest BCUT2D eigenvalue weighted by Crippen LogP contribution is 2.20. The average Bonchev–Trinajstić information content (AvgIpc) is 2.96. The van der Waals surface area contributed by atoms with Gasteiger partial charge in [0, 0.05) is 37.8 Å². The lowest BCUT2D eigenvalue weighted by atomic mass is 10.1. The Kier molecular flexibility index (Phi) is 4.35. The average molecular weight is 350 g/mol. The molecule has 2 aromatic rings. The van der Waals surface area contributed by atoms with Gasteiger partial charge in [0.2, 0.25) is 10.0 Å². The molecule has 0 aliphatic carbocycles. The maximum atomic E-state index is 12.7. The van der Waals surface area contributed by atoms with E-state index in [1.165, 1.54) is 10.6 Å². The second kappa shape index (κ2) is 6.18. The van der Waals surface area contributed by atoms with Crippen molar-refractivity contribution in [3.05, 3.63) is 30.1 Å². The molecule has 24 heavy (non-hydrogen) atoms. The van der Waals surface area contributed by atoms with Crippen molar-refractivity contribution in [2.24, 2.45) is 0 Å². The van der Waals surface area contributed by atoms with Gasteiger partial charge in [-0.25, -0.2) is 13.4 Å². The number of amides is 1. The highest BCUT2D eigenvalue weighted by molar-refractivity contribution is 7.88. The maximum absolute atomic E-state index is 12.7. The van der Waals surface area contributed by atoms with Crippen molar-refractivity contribution in [1.29, 1.82) is 0 Å². The molecule has 1 aliphatic heterocycles. The minimum atomic E-state index is -3.19. The number of nitrogens with zero attached hydrogens (tertiary/aromatic N) is 4. The first-order valence-electron chi connectivity index (χ1n) is 7.98. The molecule has 0 atom stereocenters. The fourth-order valence-corrected chi connectivity index (χ4v) is 3.81. The van der Waals surface area contributed by atoms with E-state index in [0.717, 1.165) is 11.0 Å². The number of hydrogen-bond acceptors (Lipinski definition) is 4. The van der Waals surface area contributed by atoms with Gasteiger partial charge in [0.05, 0.1) is 23.6 Å². The molecule has 0 unspecified atom stereocenters. The number of carbonyl (C=O) groups is 1. The van der Waals surface area contributed by atoms with Crippen molar-refractivity contribution in [3.63, 3.8) is 0 Å². The lowest BCUT2D eigenvalue weighted by Crippen LogP contribution is -2.50. The maximum Gasteiger partial charge on any atom is 0.254 e. The van der Waals surface area contributed by atoms with Crippen LogP contribution >= 0.6 is 0 Å². The van der Waals surface area contributed by atoms with E-state index in [1.54, 1.807) is 17.3 Å². The number of hydrogen-bond donors (Lipinski definition) is 0. The predicted octanol–water partition coefficient (Wildman–Crippen LogP) is 1.33. The summed E-state index contributed by atoms with van der Waals surface area (Å²) in [5, 5.41) is 0. The van der Waals surface area contributed by atoms with Gasteiger partial charge in [0.15, 0.2) is 0 Å². The van der Waals surface area contributed by atoms with E-state index in [1.807, 2.05) is 12.1 Å². The molecule has 3 rings (SSSR count). The van der Waals surface area contributed by atoms with Crippen LogP contribution < -0.4 is 0 Å². The first-order valence-corrected chi connectivity index (χ1v) is 9.83. The van der Waals surface area contributed by atoms with E-state index in [4.69, 9.17) is 0 Å². The van der Waals surface area contributed by atoms with E-state index in [2.05, 4.69) is 23.4 Å². The van der Waals surface area contributed by atoms with Crippen molar-refractivity contribution in [2.45, 2.75) is 19.9 Å². The zero-order valence-electron chi connectivity index (χ0n) is 14.1. The highest BCUT2D eigenvalue weighted by Gasteiger charge is 2.26. The molecule has 0 spiro atoms. The van der Waals surface area contributed by atoms with E-state index in [0.29, 0.717) is 37.8 Å². The van der Waals surface area contributed by atoms with Crippen LogP contribution in [0.15, 0.2) is 24.5 Å². The van der Waals surface area contributed by atoms with Gasteiger partial charge >= 0.3 is 0 Å². The molecule has 1 saturated heterocycles. The molecule has 1 amide bonds. The Morgan fingerprint density at radius 1 is 1.17 bits per heavy atom. The quantitative estimate of drug-likeness (QED) is 0.837. The molecule has 0 N–H and O–H groups in total. The zero-order chi connectivity index (χ0) is 17.5. The largest absolute Gasteiger partial charge is 0.336 e. The van der Waals surface area contributed by atoms with Crippen molar-refractivity contribution < 1.29 is 13.2 Å². The molecule has 1 aromatic heterocycles. The summed E-state index contributed by atoms with van der Waals surface area (Å²) < 4.78 is 26.6. The number of aromatic nitrogens is 2. The van der Waals surface area contributed by atoms with Crippen LogP contribution in [0.5, 0.6) is 0 Å². The lowest BCUT2D eigenvalue weighted by molar-refractivity contribution is 0.0698. The molecule has 130 valence electrons. The monoisotopic (exact) mass is 350 g/mol. The molecule has 1 fully saturated rings. The summed E-state index contributed by atoms with van der Waals surface area (Å²) in [7, 11) is -3.19. The Bertz CT molecular complexity index is 865. The van der Waals surface area contributed by atoms with Crippen LogP contribution in [0.25, 0.3) is 11.0 Å². The molecule has 0 bridgehead atoms. The third-order valence-corrected chi connectivity index (χ3v) is 5.68. The van der Waals surface area contributed by atoms with Crippen molar-refractivity contribution in [2.75, 3.05) is 32.4 Å². The van der Waals surface area contributed by atoms with Crippen LogP contribution in [0.3, 0.4) is 0 Å². The third kappa shape index (κ3) is 3.16. The fraction of sp³-hybridized carbons (Fsp3) is 0.500. The van der Waals surface area contributed by atoms with Gasteiger partial charge in [-0.1, -0.05) is 0 Å². The number of carbonyl (C=O) groups excluding carboxylic acids is 1. The van der Waals surface area contributed by atoms with Gasteiger partial charge < -0.3 is 9.47 Å². The minimum Gasteiger partial charge on any atom is -0.336 e. The molecule has 2 heterocycles. The highest BCUT2D eigenvalue weighted by atomic mass is 32.2. The van der Waals surface area contributed by atoms with Gasteiger partial charge in [-0.05, 0) is 32.0 Å². The molecule has 1 aliphatic rings. The molecule has 8 heteroatoms. The molecular formula is C16H22N4O3S. The number of piperazine rings is 1. The van der Waals surface area contributed by atoms with E-state index < -0.39 is 10.0 Å². The number of benzene rings is 1. The summed E-state index contributed by atoms with van der Waals surface area (Å²) in [5.41, 5.74) is 2.39. The Hall–Kier alpha value is -1.93. The summed E-state index contributed by atoms with van der Waals surface area (Å²) in [4.78, 5) is 18.7. The van der Waals surface area contributed by atoms with Crippen molar-refractivity contribution in [3.8, 4) is 0 Å². The van der Waals surface area contributed by atoms with Crippen LogP contribution in [-0.2, 0) is 10.0 Å². The van der Waals surface area contributed by atoms with E-state index in [-0.39, 0.29) is 5.91 Å². The van der Waals surface area contributed by atoms with Crippen molar-refractivity contribution in [1.82, 2.24) is 18.8 Å². The van der Waals surface area contributed by atoms with Crippen molar-refractivity contribution >= 4 is 27.0 Å². The van der Waals surface area contributed by atoms with E-state index in [9.17, 15) is 13.2 Å². The summed E-state index contributed by atoms with van der Waals surface area (Å²) in [6.07, 6.45) is 2.98. The first kappa shape index (κ1) is 16.9. The number of imidazole rings is 1. The second-order valence-electron chi connectivity index (χ2n) is 6.40. The minimum absolute atomic E-state index is 0.0795. The summed E-state index contributed by atoms with van der Waals surface area (Å²) in [5.74, 6) is -0.0795. The normalized spacial score (nSPS) is 16.9. The van der Waals surface area contributed by atoms with Gasteiger partial charge in [-0.15, -0.1) is 0 Å². The second-order valence-corrected chi connectivity index (χ2v) is 8.39. The van der Waals surface area contributed by atoms with Crippen LogP contribution in [-0.4, -0.2) is 65.5 Å². The molecule has 7 nitrogen and oxygen atoms in total. The number of rotatable bonds is 3. The van der Waals surface area contributed by atoms with Gasteiger partial charge in [-0.3, -0.25) is 4.79 Å². The molecule has 0 saturated carbocycles. The predicted molar refractivity (Wildman–Crippen MR) is 92.4 cm³/mol. The summed E-state index contributed by atoms with van der Waals surface area (Å²) >= 11 is 0. The molecule has 0 radical (unpaired) electrons. The van der Waals surface area contributed by atoms with Gasteiger partial charge in [0.1, 0.15) is 0 Å². The SMILES string of the molecule is CC(C)n1cnc2cc(C(=O)N3CCN(S(C)(=O)=O)CC3)ccc21. The number of sulfonamides is 1. The fourth-order valence-electron chi connectivity index (χ4n) is 2.98. The molecular weight excluding hydrogens is 328 g/mol. The lowest BCUT2D eigenvalue weighted by Gasteiger charge is -2.33. The Labute approximate surface area is 141 Å². The van der Waals surface area contributed by atoms with Crippen LogP contribution in [0.1, 0.15) is 30.2 Å². The van der Waals surface area contributed by atoms with Gasteiger partial charge in [-0.2, -0.15) is 4.31 Å². The first-order chi connectivity index (χ1) is 11.3. The third-order valence-electron chi connectivity index (χ3n) is 4.37. The topological polar surface area (TPSA) is 75.5 Å². The van der Waals surface area contributed by atoms with E-state index >= 15 is 0 Å². The van der Waals surface area contributed by atoms with Crippen LogP contribution in [0, 0.1) is 0 Å². The number of fused-ring (bicyclic) bond motifs is 1.